The molecule has 0 fully saturated rings. The van der Waals surface area contributed by atoms with Crippen molar-refractivity contribution in [2.75, 3.05) is 5.73 Å². The first-order valence-electron chi connectivity index (χ1n) is 10.3. The zero-order chi connectivity index (χ0) is 22.8. The number of hydrogen-bond acceptors (Lipinski definition) is 5. The van der Waals surface area contributed by atoms with Crippen LogP contribution in [0.2, 0.25) is 5.02 Å². The summed E-state index contributed by atoms with van der Waals surface area (Å²) in [6, 6.07) is 24.3. The molecular formula is C25H19ClN6O. The van der Waals surface area contributed by atoms with Crippen molar-refractivity contribution in [1.29, 1.82) is 0 Å². The Morgan fingerprint density at radius 1 is 0.970 bits per heavy atom. The molecular weight excluding hydrogens is 436 g/mol. The Morgan fingerprint density at radius 3 is 2.36 bits per heavy atom. The number of anilines is 1. The van der Waals surface area contributed by atoms with Crippen molar-refractivity contribution in [3.8, 4) is 0 Å². The first kappa shape index (κ1) is 20.7. The Kier molecular flexibility index (Phi) is 5.46. The molecule has 0 unspecified atom stereocenters. The number of hydrogen-bond donors (Lipinski definition) is 2. The van der Waals surface area contributed by atoms with Gasteiger partial charge in [0.1, 0.15) is 16.9 Å². The van der Waals surface area contributed by atoms with Gasteiger partial charge >= 0.3 is 0 Å². The van der Waals surface area contributed by atoms with Crippen LogP contribution in [0.15, 0.2) is 84.0 Å². The van der Waals surface area contributed by atoms with Gasteiger partial charge in [0.25, 0.3) is 5.91 Å². The Morgan fingerprint density at radius 2 is 1.64 bits per heavy atom. The standard InChI is InChI=1S/C25H19ClN6O/c26-18-12-10-17(11-13-18)15-29-32-23(27)21(25(33)28-14-16-6-2-1-3-7-16)22-24(32)31-20-9-5-4-8-19(20)30-22/h1-13,15H,14,27H2,(H,28,33). The van der Waals surface area contributed by atoms with Gasteiger partial charge < -0.3 is 11.1 Å². The highest BCUT2D eigenvalue weighted by Crippen LogP contribution is 2.28. The van der Waals surface area contributed by atoms with E-state index in [9.17, 15) is 4.79 Å². The highest BCUT2D eigenvalue weighted by molar-refractivity contribution is 6.30. The molecule has 2 aromatic heterocycles. The zero-order valence-electron chi connectivity index (χ0n) is 17.4. The number of aromatic nitrogens is 3. The number of halogens is 1. The second-order valence-corrected chi connectivity index (χ2v) is 7.86. The molecule has 33 heavy (non-hydrogen) atoms. The number of carbonyl (C=O) groups is 1. The number of fused-ring (bicyclic) bond motifs is 2. The number of amides is 1. The summed E-state index contributed by atoms with van der Waals surface area (Å²) in [5.41, 5.74) is 10.6. The summed E-state index contributed by atoms with van der Waals surface area (Å²) in [6.45, 7) is 0.362. The second-order valence-electron chi connectivity index (χ2n) is 7.42. The minimum absolute atomic E-state index is 0.163. The predicted octanol–water partition coefficient (Wildman–Crippen LogP) is 4.63. The number of nitrogen functional groups attached to an aromatic ring is 1. The van der Waals surface area contributed by atoms with Gasteiger partial charge in [0.2, 0.25) is 0 Å². The van der Waals surface area contributed by atoms with Crippen LogP contribution in [-0.2, 0) is 6.54 Å². The molecule has 0 aliphatic rings. The monoisotopic (exact) mass is 454 g/mol. The largest absolute Gasteiger partial charge is 0.383 e. The van der Waals surface area contributed by atoms with Crippen molar-refractivity contribution in [2.45, 2.75) is 6.54 Å². The van der Waals surface area contributed by atoms with Crippen LogP contribution < -0.4 is 11.1 Å². The predicted molar refractivity (Wildman–Crippen MR) is 132 cm³/mol. The molecule has 0 saturated carbocycles. The average Bonchev–Trinajstić information content (AvgIpc) is 3.11. The van der Waals surface area contributed by atoms with E-state index in [0.29, 0.717) is 33.8 Å². The van der Waals surface area contributed by atoms with Gasteiger partial charge in [-0.2, -0.15) is 9.78 Å². The summed E-state index contributed by atoms with van der Waals surface area (Å²) in [6.07, 6.45) is 1.63. The van der Waals surface area contributed by atoms with Crippen molar-refractivity contribution < 1.29 is 4.79 Å². The quantitative estimate of drug-likeness (QED) is 0.378. The Bertz CT molecular complexity index is 1490. The summed E-state index contributed by atoms with van der Waals surface area (Å²) in [7, 11) is 0. The van der Waals surface area contributed by atoms with Gasteiger partial charge in [-0.05, 0) is 35.4 Å². The van der Waals surface area contributed by atoms with Crippen LogP contribution in [0, 0.1) is 0 Å². The number of benzene rings is 3. The maximum atomic E-state index is 13.2. The van der Waals surface area contributed by atoms with Gasteiger partial charge in [0, 0.05) is 11.6 Å². The molecule has 2 heterocycles. The maximum absolute atomic E-state index is 13.2. The van der Waals surface area contributed by atoms with E-state index < -0.39 is 0 Å². The molecule has 162 valence electrons. The molecule has 8 heteroatoms. The van der Waals surface area contributed by atoms with E-state index in [2.05, 4.69) is 15.4 Å². The first-order chi connectivity index (χ1) is 16.1. The Balaban J connectivity index is 1.60. The van der Waals surface area contributed by atoms with Crippen LogP contribution in [0.5, 0.6) is 0 Å². The lowest BCUT2D eigenvalue weighted by Crippen LogP contribution is -2.23. The van der Waals surface area contributed by atoms with E-state index in [4.69, 9.17) is 22.3 Å². The van der Waals surface area contributed by atoms with E-state index in [0.717, 1.165) is 11.1 Å². The van der Waals surface area contributed by atoms with E-state index in [1.165, 1.54) is 4.68 Å². The van der Waals surface area contributed by atoms with Gasteiger partial charge in [-0.3, -0.25) is 4.79 Å². The molecule has 0 atom stereocenters. The van der Waals surface area contributed by atoms with E-state index in [1.807, 2.05) is 66.7 Å². The van der Waals surface area contributed by atoms with Crippen LogP contribution in [0.1, 0.15) is 21.5 Å². The molecule has 0 spiro atoms. The third kappa shape index (κ3) is 4.14. The highest BCUT2D eigenvalue weighted by Gasteiger charge is 2.24. The number of rotatable bonds is 5. The van der Waals surface area contributed by atoms with Gasteiger partial charge in [0.05, 0.1) is 17.2 Å². The molecule has 5 aromatic rings. The number of nitrogens with zero attached hydrogens (tertiary/aromatic N) is 4. The Labute approximate surface area is 194 Å². The number of nitrogens with one attached hydrogen (secondary N) is 1. The minimum Gasteiger partial charge on any atom is -0.383 e. The SMILES string of the molecule is Nc1c(C(=O)NCc2ccccc2)c2nc3ccccc3nc2n1N=Cc1ccc(Cl)cc1. The molecule has 0 radical (unpaired) electrons. The number of nitrogens with two attached hydrogens (primary N) is 1. The van der Waals surface area contributed by atoms with Crippen molar-refractivity contribution in [3.05, 3.63) is 101 Å². The first-order valence-corrected chi connectivity index (χ1v) is 10.7. The maximum Gasteiger partial charge on any atom is 0.257 e. The van der Waals surface area contributed by atoms with E-state index in [-0.39, 0.29) is 17.3 Å². The normalized spacial score (nSPS) is 11.4. The van der Waals surface area contributed by atoms with E-state index in [1.54, 1.807) is 18.3 Å². The Hall–Kier alpha value is -4.23. The molecule has 3 aromatic carbocycles. The van der Waals surface area contributed by atoms with Gasteiger partial charge in [-0.15, -0.1) is 0 Å². The van der Waals surface area contributed by atoms with Crippen LogP contribution in [-0.4, -0.2) is 26.8 Å². The molecule has 1 amide bonds. The van der Waals surface area contributed by atoms with Crippen molar-refractivity contribution in [3.63, 3.8) is 0 Å². The fourth-order valence-electron chi connectivity index (χ4n) is 3.53. The summed E-state index contributed by atoms with van der Waals surface area (Å²) in [5, 5.41) is 8.06. The lowest BCUT2D eigenvalue weighted by Gasteiger charge is -2.05. The molecule has 0 aliphatic heterocycles. The third-order valence-corrected chi connectivity index (χ3v) is 5.44. The van der Waals surface area contributed by atoms with Gasteiger partial charge in [-0.1, -0.05) is 66.2 Å². The topological polar surface area (TPSA) is 98.2 Å². The highest BCUT2D eigenvalue weighted by atomic mass is 35.5. The molecule has 0 saturated heterocycles. The van der Waals surface area contributed by atoms with Gasteiger partial charge in [-0.25, -0.2) is 9.97 Å². The van der Waals surface area contributed by atoms with Crippen molar-refractivity contribution in [1.82, 2.24) is 20.0 Å². The molecule has 5 rings (SSSR count). The summed E-state index contributed by atoms with van der Waals surface area (Å²) >= 11 is 5.97. The minimum atomic E-state index is -0.341. The number of carbonyl (C=O) groups excluding carboxylic acids is 1. The number of para-hydroxylation sites is 2. The van der Waals surface area contributed by atoms with Crippen molar-refractivity contribution in [2.24, 2.45) is 5.10 Å². The fourth-order valence-corrected chi connectivity index (χ4v) is 3.65. The molecule has 7 nitrogen and oxygen atoms in total. The van der Waals surface area contributed by atoms with Gasteiger partial charge in [0.15, 0.2) is 5.65 Å². The average molecular weight is 455 g/mol. The molecule has 3 N–H and O–H groups in total. The molecule has 0 bridgehead atoms. The van der Waals surface area contributed by atoms with E-state index >= 15 is 0 Å². The van der Waals surface area contributed by atoms with Crippen LogP contribution >= 0.6 is 11.6 Å². The molecule has 0 aliphatic carbocycles. The third-order valence-electron chi connectivity index (χ3n) is 5.19. The summed E-state index contributed by atoms with van der Waals surface area (Å²) < 4.78 is 1.45. The smallest absolute Gasteiger partial charge is 0.257 e. The fraction of sp³-hybridized carbons (Fsp3) is 0.0400. The van der Waals surface area contributed by atoms with Crippen molar-refractivity contribution >= 4 is 51.7 Å². The van der Waals surface area contributed by atoms with Crippen LogP contribution in [0.3, 0.4) is 0 Å². The van der Waals surface area contributed by atoms with Crippen LogP contribution in [0.25, 0.3) is 22.2 Å². The lowest BCUT2D eigenvalue weighted by molar-refractivity contribution is 0.0953. The van der Waals surface area contributed by atoms with Crippen LogP contribution in [0.4, 0.5) is 5.82 Å². The zero-order valence-corrected chi connectivity index (χ0v) is 18.2. The lowest BCUT2D eigenvalue weighted by atomic mass is 10.2. The summed E-state index contributed by atoms with van der Waals surface area (Å²) in [5.74, 6) is -0.178. The second kappa shape index (κ2) is 8.72. The summed E-state index contributed by atoms with van der Waals surface area (Å²) in [4.78, 5) is 22.6.